The molecule has 0 atom stereocenters. The third-order valence-corrected chi connectivity index (χ3v) is 7.01. The molecule has 0 radical (unpaired) electrons. The molecule has 0 aliphatic heterocycles. The fourth-order valence-electron chi connectivity index (χ4n) is 5.21. The number of hydrogen-bond acceptors (Lipinski definition) is 1. The number of nitrogens with one attached hydrogen (secondary N) is 1. The van der Waals surface area contributed by atoms with Crippen LogP contribution in [0.2, 0.25) is 0 Å². The summed E-state index contributed by atoms with van der Waals surface area (Å²) in [6, 6.07) is 6.33. The number of hydrogen-bond donors (Lipinski definition) is 1. The van der Waals surface area contributed by atoms with Gasteiger partial charge in [-0.05, 0) is 90.3 Å². The minimum Gasteiger partial charge on any atom is -0.349 e. The highest BCUT2D eigenvalue weighted by molar-refractivity contribution is 9.10. The molecule has 4 aliphatic rings. The number of aryl methyl sites for hydroxylation is 1. The van der Waals surface area contributed by atoms with Crippen LogP contribution in [0.4, 0.5) is 0 Å². The van der Waals surface area contributed by atoms with Crippen LogP contribution in [-0.4, -0.2) is 11.9 Å². The number of rotatable bonds is 2. The van der Waals surface area contributed by atoms with Crippen molar-refractivity contribution in [2.75, 3.05) is 0 Å². The lowest BCUT2D eigenvalue weighted by molar-refractivity contribution is -0.0119. The van der Waals surface area contributed by atoms with E-state index in [0.717, 1.165) is 39.3 Å². The van der Waals surface area contributed by atoms with Gasteiger partial charge in [-0.15, -0.1) is 0 Å². The van der Waals surface area contributed by atoms with Gasteiger partial charge < -0.3 is 5.32 Å². The molecule has 1 aromatic rings. The summed E-state index contributed by atoms with van der Waals surface area (Å²) >= 11 is 3.56. The van der Waals surface area contributed by atoms with Crippen LogP contribution in [-0.2, 0) is 0 Å². The van der Waals surface area contributed by atoms with Gasteiger partial charge in [-0.25, -0.2) is 0 Å². The van der Waals surface area contributed by atoms with E-state index in [4.69, 9.17) is 0 Å². The summed E-state index contributed by atoms with van der Waals surface area (Å²) in [4.78, 5) is 12.7. The summed E-state index contributed by atoms with van der Waals surface area (Å²) in [7, 11) is 0. The molecule has 0 saturated heterocycles. The SMILES string of the molecule is Cc1cccc(C(=O)NC2C3CC4CC(C3)CC2C4)c1Br. The third kappa shape index (κ3) is 2.34. The van der Waals surface area contributed by atoms with Crippen molar-refractivity contribution in [2.24, 2.45) is 23.7 Å². The van der Waals surface area contributed by atoms with Gasteiger partial charge in [-0.3, -0.25) is 4.79 Å². The Labute approximate surface area is 134 Å². The first kappa shape index (κ1) is 13.8. The van der Waals surface area contributed by atoms with Crippen molar-refractivity contribution in [1.29, 1.82) is 0 Å². The Hall–Kier alpha value is -0.830. The molecule has 1 N–H and O–H groups in total. The van der Waals surface area contributed by atoms with Crippen LogP contribution >= 0.6 is 15.9 Å². The van der Waals surface area contributed by atoms with E-state index in [1.807, 2.05) is 25.1 Å². The van der Waals surface area contributed by atoms with Crippen molar-refractivity contribution in [3.05, 3.63) is 33.8 Å². The quantitative estimate of drug-likeness (QED) is 0.848. The maximum absolute atomic E-state index is 12.7. The average Bonchev–Trinajstić information content (AvgIpc) is 2.45. The normalized spacial score (nSPS) is 36.8. The van der Waals surface area contributed by atoms with Gasteiger partial charge in [-0.2, -0.15) is 0 Å². The van der Waals surface area contributed by atoms with Crippen LogP contribution in [0.15, 0.2) is 22.7 Å². The van der Waals surface area contributed by atoms with Crippen molar-refractivity contribution in [3.63, 3.8) is 0 Å². The Kier molecular flexibility index (Phi) is 3.36. The Morgan fingerprint density at radius 3 is 2.33 bits per heavy atom. The minimum atomic E-state index is 0.100. The van der Waals surface area contributed by atoms with Gasteiger partial charge in [0.15, 0.2) is 0 Å². The van der Waals surface area contributed by atoms with Crippen LogP contribution < -0.4 is 5.32 Å². The van der Waals surface area contributed by atoms with E-state index in [1.165, 1.54) is 32.1 Å². The van der Waals surface area contributed by atoms with E-state index >= 15 is 0 Å². The fourth-order valence-corrected chi connectivity index (χ4v) is 5.66. The van der Waals surface area contributed by atoms with Crippen LogP contribution in [0.3, 0.4) is 0 Å². The van der Waals surface area contributed by atoms with Crippen molar-refractivity contribution in [1.82, 2.24) is 5.32 Å². The molecule has 3 heteroatoms. The summed E-state index contributed by atoms with van der Waals surface area (Å²) in [5.74, 6) is 3.46. The van der Waals surface area contributed by atoms with Crippen LogP contribution in [0.5, 0.6) is 0 Å². The van der Waals surface area contributed by atoms with Crippen LogP contribution in [0, 0.1) is 30.6 Å². The molecule has 5 rings (SSSR count). The molecule has 112 valence electrons. The molecule has 4 aliphatic carbocycles. The summed E-state index contributed by atoms with van der Waals surface area (Å²) < 4.78 is 0.936. The molecule has 0 spiro atoms. The number of amides is 1. The molecule has 4 fully saturated rings. The highest BCUT2D eigenvalue weighted by atomic mass is 79.9. The molecular formula is C18H22BrNO. The zero-order chi connectivity index (χ0) is 14.6. The van der Waals surface area contributed by atoms with Crippen LogP contribution in [0.25, 0.3) is 0 Å². The van der Waals surface area contributed by atoms with Gasteiger partial charge in [0.2, 0.25) is 0 Å². The van der Waals surface area contributed by atoms with Crippen LogP contribution in [0.1, 0.15) is 48.0 Å². The highest BCUT2D eigenvalue weighted by Crippen LogP contribution is 2.53. The fraction of sp³-hybridized carbons (Fsp3) is 0.611. The molecule has 4 saturated carbocycles. The first-order chi connectivity index (χ1) is 10.1. The molecule has 0 heterocycles. The van der Waals surface area contributed by atoms with E-state index in [0.29, 0.717) is 6.04 Å². The Bertz CT molecular complexity index is 555. The zero-order valence-corrected chi connectivity index (χ0v) is 14.0. The monoisotopic (exact) mass is 347 g/mol. The smallest absolute Gasteiger partial charge is 0.252 e. The van der Waals surface area contributed by atoms with E-state index in [9.17, 15) is 4.79 Å². The Morgan fingerprint density at radius 2 is 1.71 bits per heavy atom. The second-order valence-electron chi connectivity index (χ2n) is 7.37. The van der Waals surface area contributed by atoms with Crippen molar-refractivity contribution >= 4 is 21.8 Å². The predicted octanol–water partition coefficient (Wildman–Crippen LogP) is 4.31. The molecule has 0 unspecified atom stereocenters. The van der Waals surface area contributed by atoms with E-state index in [-0.39, 0.29) is 5.91 Å². The lowest BCUT2D eigenvalue weighted by Crippen LogP contribution is -2.55. The molecule has 1 aromatic carbocycles. The standard InChI is InChI=1S/C18H22BrNO/c1-10-3-2-4-15(16(10)19)18(21)20-17-13-6-11-5-12(8-13)9-14(17)7-11/h2-4,11-14,17H,5-9H2,1H3,(H,20,21). The number of carbonyl (C=O) groups excluding carboxylic acids is 1. The average molecular weight is 348 g/mol. The maximum Gasteiger partial charge on any atom is 0.252 e. The molecule has 0 aromatic heterocycles. The van der Waals surface area contributed by atoms with Gasteiger partial charge >= 0.3 is 0 Å². The van der Waals surface area contributed by atoms with Gasteiger partial charge in [0, 0.05) is 10.5 Å². The first-order valence-corrected chi connectivity index (χ1v) is 8.97. The van der Waals surface area contributed by atoms with Gasteiger partial charge in [-0.1, -0.05) is 12.1 Å². The van der Waals surface area contributed by atoms with Gasteiger partial charge in [0.1, 0.15) is 0 Å². The summed E-state index contributed by atoms with van der Waals surface area (Å²) in [5, 5.41) is 3.38. The van der Waals surface area contributed by atoms with E-state index in [1.54, 1.807) is 0 Å². The van der Waals surface area contributed by atoms with Gasteiger partial charge in [0.25, 0.3) is 5.91 Å². The Morgan fingerprint density at radius 1 is 1.10 bits per heavy atom. The number of carbonyl (C=O) groups is 1. The predicted molar refractivity (Wildman–Crippen MR) is 87.2 cm³/mol. The number of benzene rings is 1. The Balaban J connectivity index is 1.53. The zero-order valence-electron chi connectivity index (χ0n) is 12.4. The lowest BCUT2D eigenvalue weighted by Gasteiger charge is -2.54. The largest absolute Gasteiger partial charge is 0.349 e. The maximum atomic E-state index is 12.7. The lowest BCUT2D eigenvalue weighted by atomic mass is 9.54. The topological polar surface area (TPSA) is 29.1 Å². The summed E-state index contributed by atoms with van der Waals surface area (Å²) in [6.45, 7) is 2.03. The van der Waals surface area contributed by atoms with E-state index < -0.39 is 0 Å². The number of halogens is 1. The second kappa shape index (κ2) is 5.12. The third-order valence-electron chi connectivity index (χ3n) is 5.96. The van der Waals surface area contributed by atoms with Crippen molar-refractivity contribution < 1.29 is 4.79 Å². The molecule has 1 amide bonds. The summed E-state index contributed by atoms with van der Waals surface area (Å²) in [5.41, 5.74) is 1.90. The molecule has 2 nitrogen and oxygen atoms in total. The first-order valence-electron chi connectivity index (χ1n) is 8.17. The van der Waals surface area contributed by atoms with Crippen molar-refractivity contribution in [3.8, 4) is 0 Å². The molecular weight excluding hydrogens is 326 g/mol. The highest BCUT2D eigenvalue weighted by Gasteiger charge is 2.48. The van der Waals surface area contributed by atoms with Gasteiger partial charge in [0.05, 0.1) is 5.56 Å². The minimum absolute atomic E-state index is 0.100. The van der Waals surface area contributed by atoms with E-state index in [2.05, 4.69) is 21.2 Å². The van der Waals surface area contributed by atoms with Crippen molar-refractivity contribution in [2.45, 2.75) is 45.1 Å². The molecule has 4 bridgehead atoms. The summed E-state index contributed by atoms with van der Waals surface area (Å²) in [6.07, 6.45) is 6.82. The second-order valence-corrected chi connectivity index (χ2v) is 8.16. The molecule has 21 heavy (non-hydrogen) atoms.